The second-order valence-electron chi connectivity index (χ2n) is 5.21. The zero-order valence-corrected chi connectivity index (χ0v) is 14.0. The molecule has 23 heavy (non-hydrogen) atoms. The van der Waals surface area contributed by atoms with Gasteiger partial charge in [-0.1, -0.05) is 71.2 Å². The molecule has 0 saturated carbocycles. The normalized spacial score (nSPS) is 12.5. The van der Waals surface area contributed by atoms with E-state index in [1.54, 1.807) is 21.8 Å². The Morgan fingerprint density at radius 1 is 0.739 bits per heavy atom. The van der Waals surface area contributed by atoms with Crippen LogP contribution in [0.25, 0.3) is 21.8 Å². The third-order valence-corrected chi connectivity index (χ3v) is 4.35. The monoisotopic (exact) mass is 364 g/mol. The Labute approximate surface area is 147 Å². The number of halogens is 3. The van der Waals surface area contributed by atoms with Gasteiger partial charge in [-0.2, -0.15) is 10.2 Å². The molecule has 0 aliphatic carbocycles. The number of nitrogens with zero attached hydrogens (tertiary/aromatic N) is 4. The smallest absolute Gasteiger partial charge is 0.232 e. The number of alkyl halides is 3. The molecule has 0 atom stereocenters. The summed E-state index contributed by atoms with van der Waals surface area (Å²) < 4.78 is 1.77. The number of para-hydroxylation sites is 2. The first-order valence-corrected chi connectivity index (χ1v) is 8.10. The summed E-state index contributed by atoms with van der Waals surface area (Å²) in [6.07, 6.45) is 2.81. The number of rotatable bonds is 2. The average Bonchev–Trinajstić information content (AvgIpc) is 3.12. The summed E-state index contributed by atoms with van der Waals surface area (Å²) in [5, 5.41) is 10.8. The highest BCUT2D eigenvalue weighted by molar-refractivity contribution is 6.67. The molecule has 0 radical (unpaired) electrons. The van der Waals surface area contributed by atoms with Crippen LogP contribution < -0.4 is 0 Å². The molecule has 2 aromatic heterocycles. The van der Waals surface area contributed by atoms with Crippen molar-refractivity contribution >= 4 is 56.6 Å². The molecule has 0 amide bonds. The van der Waals surface area contributed by atoms with Gasteiger partial charge in [0.2, 0.25) is 3.79 Å². The van der Waals surface area contributed by atoms with E-state index >= 15 is 0 Å². The van der Waals surface area contributed by atoms with Gasteiger partial charge in [0.05, 0.1) is 23.4 Å². The van der Waals surface area contributed by atoms with E-state index in [0.717, 1.165) is 21.8 Å². The van der Waals surface area contributed by atoms with Gasteiger partial charge in [-0.15, -0.1) is 0 Å². The van der Waals surface area contributed by atoms with Crippen LogP contribution in [0.5, 0.6) is 0 Å². The number of benzene rings is 2. The lowest BCUT2D eigenvalue weighted by Gasteiger charge is -2.26. The molecule has 0 fully saturated rings. The van der Waals surface area contributed by atoms with Gasteiger partial charge in [0.1, 0.15) is 0 Å². The highest BCUT2D eigenvalue weighted by Crippen LogP contribution is 2.41. The molecule has 0 aliphatic rings. The molecular weight excluding hydrogens is 355 g/mol. The molecule has 0 bridgehead atoms. The fourth-order valence-electron chi connectivity index (χ4n) is 2.75. The fourth-order valence-corrected chi connectivity index (χ4v) is 3.31. The van der Waals surface area contributed by atoms with E-state index in [4.69, 9.17) is 34.8 Å². The summed E-state index contributed by atoms with van der Waals surface area (Å²) in [7, 11) is 0. The maximum Gasteiger partial charge on any atom is 0.232 e. The van der Waals surface area contributed by atoms with E-state index in [-0.39, 0.29) is 0 Å². The standard InChI is InChI=1S/C16H11Cl3N4/c17-16(18,19)15(22-13-7-3-1-5-11(13)9-20-22)23-14-8-4-2-6-12(14)10-21-23/h1-10,15H. The Hall–Kier alpha value is -1.75. The largest absolute Gasteiger partial charge is 0.236 e. The highest BCUT2D eigenvalue weighted by Gasteiger charge is 2.38. The fraction of sp³-hybridized carbons (Fsp3) is 0.125. The van der Waals surface area contributed by atoms with Crippen LogP contribution in [0.3, 0.4) is 0 Å². The zero-order chi connectivity index (χ0) is 16.0. The van der Waals surface area contributed by atoms with E-state index in [9.17, 15) is 0 Å². The molecule has 4 aromatic rings. The van der Waals surface area contributed by atoms with E-state index in [2.05, 4.69) is 10.2 Å². The predicted molar refractivity (Wildman–Crippen MR) is 94.2 cm³/mol. The van der Waals surface area contributed by atoms with Crippen LogP contribution in [0.1, 0.15) is 6.17 Å². The van der Waals surface area contributed by atoms with Gasteiger partial charge in [0.25, 0.3) is 0 Å². The van der Waals surface area contributed by atoms with Gasteiger partial charge in [-0.25, -0.2) is 9.36 Å². The summed E-state index contributed by atoms with van der Waals surface area (Å²) in [6, 6.07) is 15.6. The lowest BCUT2D eigenvalue weighted by molar-refractivity contribution is 0.386. The number of aromatic nitrogens is 4. The summed E-state index contributed by atoms with van der Waals surface area (Å²) >= 11 is 18.9. The molecule has 4 rings (SSSR count). The zero-order valence-electron chi connectivity index (χ0n) is 11.8. The molecule has 2 heterocycles. The third-order valence-electron chi connectivity index (χ3n) is 3.77. The topological polar surface area (TPSA) is 35.6 Å². The van der Waals surface area contributed by atoms with Gasteiger partial charge in [-0.05, 0) is 12.1 Å². The van der Waals surface area contributed by atoms with Crippen molar-refractivity contribution in [3.05, 3.63) is 60.9 Å². The van der Waals surface area contributed by atoms with Gasteiger partial charge >= 0.3 is 0 Å². The first-order valence-electron chi connectivity index (χ1n) is 6.97. The first kappa shape index (κ1) is 14.8. The average molecular weight is 366 g/mol. The number of fused-ring (bicyclic) bond motifs is 2. The Morgan fingerprint density at radius 3 is 1.61 bits per heavy atom. The van der Waals surface area contributed by atoms with Gasteiger partial charge in [0.15, 0.2) is 6.17 Å². The van der Waals surface area contributed by atoms with Gasteiger partial charge in [-0.3, -0.25) is 0 Å². The third kappa shape index (κ3) is 2.47. The van der Waals surface area contributed by atoms with Crippen molar-refractivity contribution in [1.82, 2.24) is 19.6 Å². The first-order chi connectivity index (χ1) is 11.1. The van der Waals surface area contributed by atoms with Crippen molar-refractivity contribution in [1.29, 1.82) is 0 Å². The lowest BCUT2D eigenvalue weighted by Crippen LogP contribution is -2.32. The van der Waals surface area contributed by atoms with Crippen LogP contribution in [0.15, 0.2) is 60.9 Å². The molecule has 0 unspecified atom stereocenters. The van der Waals surface area contributed by atoms with Crippen LogP contribution in [0.4, 0.5) is 0 Å². The van der Waals surface area contributed by atoms with Gasteiger partial charge in [0, 0.05) is 10.8 Å². The minimum atomic E-state index is -1.62. The number of hydrogen-bond acceptors (Lipinski definition) is 2. The van der Waals surface area contributed by atoms with E-state index in [0.29, 0.717) is 0 Å². The van der Waals surface area contributed by atoms with Crippen LogP contribution in [-0.2, 0) is 0 Å². The molecule has 2 aromatic carbocycles. The van der Waals surface area contributed by atoms with Crippen molar-refractivity contribution in [2.24, 2.45) is 0 Å². The van der Waals surface area contributed by atoms with Crippen molar-refractivity contribution in [3.8, 4) is 0 Å². The molecule has 7 heteroatoms. The second-order valence-corrected chi connectivity index (χ2v) is 7.58. The minimum Gasteiger partial charge on any atom is -0.236 e. The summed E-state index contributed by atoms with van der Waals surface area (Å²) in [6.45, 7) is 0. The summed E-state index contributed by atoms with van der Waals surface area (Å²) in [5.74, 6) is 0. The Kier molecular flexibility index (Phi) is 3.48. The molecule has 0 N–H and O–H groups in total. The molecule has 0 spiro atoms. The van der Waals surface area contributed by atoms with Crippen LogP contribution in [-0.4, -0.2) is 23.4 Å². The lowest BCUT2D eigenvalue weighted by atomic mass is 10.2. The van der Waals surface area contributed by atoms with Crippen molar-refractivity contribution < 1.29 is 0 Å². The molecular formula is C16H11Cl3N4. The van der Waals surface area contributed by atoms with Crippen molar-refractivity contribution in [2.45, 2.75) is 9.96 Å². The SMILES string of the molecule is ClC(Cl)(Cl)C(n1ncc2ccccc21)n1ncc2ccccc21. The number of hydrogen-bond donors (Lipinski definition) is 0. The second kappa shape index (κ2) is 5.41. The minimum absolute atomic E-state index is 0.702. The highest BCUT2D eigenvalue weighted by atomic mass is 35.6. The summed E-state index contributed by atoms with van der Waals surface area (Å²) in [4.78, 5) is 0. The van der Waals surface area contributed by atoms with Crippen molar-refractivity contribution in [3.63, 3.8) is 0 Å². The van der Waals surface area contributed by atoms with Crippen LogP contribution >= 0.6 is 34.8 Å². The van der Waals surface area contributed by atoms with E-state index < -0.39 is 9.96 Å². The Morgan fingerprint density at radius 2 is 1.17 bits per heavy atom. The molecule has 4 nitrogen and oxygen atoms in total. The van der Waals surface area contributed by atoms with Gasteiger partial charge < -0.3 is 0 Å². The molecule has 0 saturated heterocycles. The van der Waals surface area contributed by atoms with Crippen molar-refractivity contribution in [2.75, 3.05) is 0 Å². The van der Waals surface area contributed by atoms with Crippen LogP contribution in [0, 0.1) is 0 Å². The van der Waals surface area contributed by atoms with E-state index in [1.165, 1.54) is 0 Å². The maximum atomic E-state index is 6.29. The molecule has 0 aliphatic heterocycles. The van der Waals surface area contributed by atoms with E-state index in [1.807, 2.05) is 48.5 Å². The quantitative estimate of drug-likeness (QED) is 0.478. The predicted octanol–water partition coefficient (Wildman–Crippen LogP) is 4.80. The maximum absolute atomic E-state index is 6.29. The Balaban J connectivity index is 1.99. The Bertz CT molecular complexity index is 909. The molecule has 116 valence electrons. The summed E-state index contributed by atoms with van der Waals surface area (Å²) in [5.41, 5.74) is 1.76. The van der Waals surface area contributed by atoms with Crippen LogP contribution in [0.2, 0.25) is 0 Å².